The second-order valence-corrected chi connectivity index (χ2v) is 4.97. The van der Waals surface area contributed by atoms with Crippen molar-refractivity contribution in [2.75, 3.05) is 14.2 Å². The monoisotopic (exact) mass is 290 g/mol. The van der Waals surface area contributed by atoms with Gasteiger partial charge in [-0.2, -0.15) is 0 Å². The molecule has 0 radical (unpaired) electrons. The van der Waals surface area contributed by atoms with Crippen LogP contribution in [-0.2, 0) is 6.42 Å². The van der Waals surface area contributed by atoms with Gasteiger partial charge in [-0.1, -0.05) is 18.5 Å². The number of nitrogens with zero attached hydrogens (tertiary/aromatic N) is 1. The first-order valence-electron chi connectivity index (χ1n) is 6.64. The number of methoxy groups -OCH3 is 1. The van der Waals surface area contributed by atoms with Crippen LogP contribution < -0.4 is 10.1 Å². The first-order chi connectivity index (χ1) is 9.71. The molecule has 1 unspecified atom stereocenters. The van der Waals surface area contributed by atoms with Crippen molar-refractivity contribution in [1.82, 2.24) is 10.3 Å². The van der Waals surface area contributed by atoms with Crippen molar-refractivity contribution in [3.8, 4) is 5.75 Å². The van der Waals surface area contributed by atoms with Crippen LogP contribution in [0.25, 0.3) is 0 Å². The molecule has 3 nitrogen and oxygen atoms in total. The second-order valence-electron chi connectivity index (χ2n) is 4.54. The highest BCUT2D eigenvalue weighted by atomic mass is 35.5. The zero-order valence-corrected chi connectivity index (χ0v) is 12.7. The first-order valence-corrected chi connectivity index (χ1v) is 7.02. The lowest BCUT2D eigenvalue weighted by atomic mass is 9.94. The van der Waals surface area contributed by atoms with Crippen LogP contribution in [0, 0.1) is 0 Å². The normalized spacial score (nSPS) is 12.2. The van der Waals surface area contributed by atoms with E-state index in [9.17, 15) is 0 Å². The van der Waals surface area contributed by atoms with Crippen molar-refractivity contribution < 1.29 is 4.74 Å². The molecule has 20 heavy (non-hydrogen) atoms. The maximum absolute atomic E-state index is 6.14. The fourth-order valence-corrected chi connectivity index (χ4v) is 2.60. The highest BCUT2D eigenvalue weighted by Crippen LogP contribution is 2.33. The number of halogens is 1. The minimum atomic E-state index is 0.0293. The molecule has 2 aromatic rings. The van der Waals surface area contributed by atoms with Gasteiger partial charge >= 0.3 is 0 Å². The third-order valence-electron chi connectivity index (χ3n) is 3.42. The molecule has 0 aliphatic heterocycles. The number of hydrogen-bond donors (Lipinski definition) is 1. The smallest absolute Gasteiger partial charge is 0.124 e. The molecule has 4 heteroatoms. The highest BCUT2D eigenvalue weighted by Gasteiger charge is 2.19. The largest absolute Gasteiger partial charge is 0.496 e. The number of benzene rings is 1. The molecule has 0 amide bonds. The first kappa shape index (κ1) is 14.8. The van der Waals surface area contributed by atoms with Crippen molar-refractivity contribution in [3.63, 3.8) is 0 Å². The molecule has 1 aromatic carbocycles. The molecule has 2 rings (SSSR count). The van der Waals surface area contributed by atoms with Gasteiger partial charge in [-0.15, -0.1) is 0 Å². The molecule has 1 atom stereocenters. The van der Waals surface area contributed by atoms with E-state index in [1.165, 1.54) is 11.1 Å². The summed E-state index contributed by atoms with van der Waals surface area (Å²) in [6.07, 6.45) is 4.66. The molecule has 0 fully saturated rings. The summed E-state index contributed by atoms with van der Waals surface area (Å²) >= 11 is 6.14. The lowest BCUT2D eigenvalue weighted by molar-refractivity contribution is 0.405. The van der Waals surface area contributed by atoms with Crippen LogP contribution in [-0.4, -0.2) is 19.1 Å². The van der Waals surface area contributed by atoms with Gasteiger partial charge in [0.1, 0.15) is 5.75 Å². The Labute approximate surface area is 124 Å². The van der Waals surface area contributed by atoms with Crippen molar-refractivity contribution >= 4 is 11.6 Å². The number of ether oxygens (including phenoxy) is 1. The second kappa shape index (κ2) is 6.73. The number of rotatable bonds is 5. The molecule has 106 valence electrons. The summed E-state index contributed by atoms with van der Waals surface area (Å²) < 4.78 is 5.46. The van der Waals surface area contributed by atoms with E-state index in [4.69, 9.17) is 16.3 Å². The van der Waals surface area contributed by atoms with Crippen LogP contribution >= 0.6 is 11.6 Å². The maximum atomic E-state index is 6.14. The van der Waals surface area contributed by atoms with Gasteiger partial charge in [-0.25, -0.2) is 0 Å². The Balaban J connectivity index is 2.55. The Hall–Kier alpha value is -1.58. The summed E-state index contributed by atoms with van der Waals surface area (Å²) in [5, 5.41) is 4.05. The van der Waals surface area contributed by atoms with Gasteiger partial charge in [0, 0.05) is 23.0 Å². The van der Waals surface area contributed by atoms with Crippen molar-refractivity contribution in [2.45, 2.75) is 19.4 Å². The zero-order valence-electron chi connectivity index (χ0n) is 12.0. The molecule has 1 aromatic heterocycles. The summed E-state index contributed by atoms with van der Waals surface area (Å²) in [6.45, 7) is 2.13. The molecule has 0 bridgehead atoms. The Morgan fingerprint density at radius 2 is 2.10 bits per heavy atom. The van der Waals surface area contributed by atoms with E-state index >= 15 is 0 Å². The van der Waals surface area contributed by atoms with Crippen LogP contribution in [0.15, 0.2) is 36.7 Å². The Kier molecular flexibility index (Phi) is 4.99. The van der Waals surface area contributed by atoms with E-state index in [1.807, 2.05) is 43.7 Å². The quantitative estimate of drug-likeness (QED) is 0.913. The van der Waals surface area contributed by atoms with Crippen molar-refractivity contribution in [2.24, 2.45) is 0 Å². The van der Waals surface area contributed by atoms with E-state index in [0.717, 1.165) is 17.7 Å². The van der Waals surface area contributed by atoms with Crippen molar-refractivity contribution in [3.05, 3.63) is 58.4 Å². The number of hydrogen-bond acceptors (Lipinski definition) is 3. The fraction of sp³-hybridized carbons (Fsp3) is 0.312. The minimum Gasteiger partial charge on any atom is -0.496 e. The number of nitrogens with one attached hydrogen (secondary N) is 1. The average Bonchev–Trinajstić information content (AvgIpc) is 2.49. The van der Waals surface area contributed by atoms with Crippen LogP contribution in [0.4, 0.5) is 0 Å². The van der Waals surface area contributed by atoms with Gasteiger partial charge in [-0.05, 0) is 48.9 Å². The predicted molar refractivity (Wildman–Crippen MR) is 82.5 cm³/mol. The summed E-state index contributed by atoms with van der Waals surface area (Å²) in [5.74, 6) is 0.826. The van der Waals surface area contributed by atoms with Gasteiger partial charge in [0.15, 0.2) is 0 Å². The summed E-state index contributed by atoms with van der Waals surface area (Å²) in [7, 11) is 3.61. The van der Waals surface area contributed by atoms with Crippen LogP contribution in [0.2, 0.25) is 5.02 Å². The Bertz CT molecular complexity index is 586. The Morgan fingerprint density at radius 3 is 2.75 bits per heavy atom. The molecule has 1 heterocycles. The predicted octanol–water partition coefficient (Wildman–Crippen LogP) is 3.61. The van der Waals surface area contributed by atoms with Crippen molar-refractivity contribution in [1.29, 1.82) is 0 Å². The summed E-state index contributed by atoms with van der Waals surface area (Å²) in [6, 6.07) is 7.75. The lowest BCUT2D eigenvalue weighted by Crippen LogP contribution is -2.20. The maximum Gasteiger partial charge on any atom is 0.124 e. The van der Waals surface area contributed by atoms with Gasteiger partial charge in [0.2, 0.25) is 0 Å². The standard InChI is InChI=1S/C16H19ClN2O/c1-4-11-10-19-8-7-13(11)16(18-2)14-9-12(17)5-6-15(14)20-3/h5-10,16,18H,4H2,1-3H3. The third-order valence-corrected chi connectivity index (χ3v) is 3.66. The zero-order chi connectivity index (χ0) is 14.5. The molecule has 0 aliphatic rings. The van der Waals surface area contributed by atoms with Crippen LogP contribution in [0.1, 0.15) is 29.7 Å². The topological polar surface area (TPSA) is 34.2 Å². The number of pyridine rings is 1. The fourth-order valence-electron chi connectivity index (χ4n) is 2.42. The van der Waals surface area contributed by atoms with Crippen LogP contribution in [0.3, 0.4) is 0 Å². The average molecular weight is 291 g/mol. The van der Waals surface area contributed by atoms with Gasteiger partial charge < -0.3 is 10.1 Å². The molecule has 0 aliphatic carbocycles. The molecule has 1 N–H and O–H groups in total. The summed E-state index contributed by atoms with van der Waals surface area (Å²) in [4.78, 5) is 4.20. The van der Waals surface area contributed by atoms with Gasteiger partial charge in [-0.3, -0.25) is 4.98 Å². The molecule has 0 saturated carbocycles. The SMILES string of the molecule is CCc1cnccc1C(NC)c1cc(Cl)ccc1OC. The molecule has 0 spiro atoms. The summed E-state index contributed by atoms with van der Waals surface area (Å²) in [5.41, 5.74) is 3.45. The van der Waals surface area contributed by atoms with Gasteiger partial charge in [0.05, 0.1) is 13.2 Å². The third kappa shape index (κ3) is 2.94. The number of aromatic nitrogens is 1. The van der Waals surface area contributed by atoms with Crippen LogP contribution in [0.5, 0.6) is 5.75 Å². The van der Waals surface area contributed by atoms with E-state index < -0.39 is 0 Å². The van der Waals surface area contributed by atoms with E-state index in [1.54, 1.807) is 7.11 Å². The molecular weight excluding hydrogens is 272 g/mol. The molecule has 0 saturated heterocycles. The minimum absolute atomic E-state index is 0.0293. The highest BCUT2D eigenvalue weighted by molar-refractivity contribution is 6.30. The number of aryl methyl sites for hydroxylation is 1. The van der Waals surface area contributed by atoms with E-state index in [2.05, 4.69) is 17.2 Å². The Morgan fingerprint density at radius 1 is 1.30 bits per heavy atom. The van der Waals surface area contributed by atoms with E-state index in [0.29, 0.717) is 5.02 Å². The molecular formula is C16H19ClN2O. The van der Waals surface area contributed by atoms with Gasteiger partial charge in [0.25, 0.3) is 0 Å². The lowest BCUT2D eigenvalue weighted by Gasteiger charge is -2.22. The van der Waals surface area contributed by atoms with E-state index in [-0.39, 0.29) is 6.04 Å².